The van der Waals surface area contributed by atoms with E-state index in [9.17, 15) is 4.79 Å². The van der Waals surface area contributed by atoms with Crippen LogP contribution in [0.4, 0.5) is 17.6 Å². The van der Waals surface area contributed by atoms with Crippen molar-refractivity contribution in [3.63, 3.8) is 0 Å². The van der Waals surface area contributed by atoms with E-state index in [4.69, 9.17) is 8.85 Å². The van der Waals surface area contributed by atoms with E-state index in [1.54, 1.807) is 12.1 Å². The van der Waals surface area contributed by atoms with Gasteiger partial charge < -0.3 is 19.5 Å². The molecule has 2 N–H and O–H groups in total. The number of rotatable bonds is 12. The quantitative estimate of drug-likeness (QED) is 0.168. The summed E-state index contributed by atoms with van der Waals surface area (Å²) in [6, 6.07) is 7.07. The van der Waals surface area contributed by atoms with Gasteiger partial charge in [0.2, 0.25) is 11.9 Å². The molecule has 0 saturated heterocycles. The number of nitrogens with one attached hydrogen (secondary N) is 2. The van der Waals surface area contributed by atoms with E-state index in [1.807, 2.05) is 12.1 Å². The topological polar surface area (TPSA) is 98.3 Å². The second-order valence-electron chi connectivity index (χ2n) is 8.35. The van der Waals surface area contributed by atoms with E-state index in [0.717, 1.165) is 25.1 Å². The third kappa shape index (κ3) is 10.1. The van der Waals surface area contributed by atoms with E-state index < -0.39 is 18.1 Å². The maximum absolute atomic E-state index is 12.0. The predicted octanol–water partition coefficient (Wildman–Crippen LogP) is 4.33. The van der Waals surface area contributed by atoms with Crippen molar-refractivity contribution in [2.75, 3.05) is 23.8 Å². The van der Waals surface area contributed by atoms with Crippen LogP contribution in [0.1, 0.15) is 37.0 Å². The molecule has 1 aromatic heterocycles. The highest BCUT2D eigenvalue weighted by Gasteiger charge is 2.16. The summed E-state index contributed by atoms with van der Waals surface area (Å²) in [6.07, 6.45) is 1.86. The number of ether oxygens (including phenoxy) is 1. The van der Waals surface area contributed by atoms with Crippen molar-refractivity contribution >= 4 is 64.2 Å². The number of esters is 1. The first-order chi connectivity index (χ1) is 14.7. The van der Waals surface area contributed by atoms with Gasteiger partial charge in [0.1, 0.15) is 0 Å². The standard InChI is InChI=1S/C20H32IN5O3Si2/c1-6-7-12-28-17(27)15-8-10-16(11-9-15)23-20-25-18(21)24-19(26-20)22-13-14(2)30-29-31(3,4)5/h8-11,14H,6-7,12-13,30H2,1-5H3,(H2,22,23,24,25,26). The van der Waals surface area contributed by atoms with Crippen molar-refractivity contribution in [1.82, 2.24) is 15.0 Å². The van der Waals surface area contributed by atoms with Crippen LogP contribution < -0.4 is 10.6 Å². The highest BCUT2D eigenvalue weighted by Crippen LogP contribution is 2.17. The summed E-state index contributed by atoms with van der Waals surface area (Å²) in [6.45, 7) is 12.1. The summed E-state index contributed by atoms with van der Waals surface area (Å²) in [5.74, 6) is 0.673. The minimum Gasteiger partial charge on any atom is -0.462 e. The van der Waals surface area contributed by atoms with Gasteiger partial charge in [0.15, 0.2) is 21.9 Å². The van der Waals surface area contributed by atoms with Gasteiger partial charge in [-0.15, -0.1) is 0 Å². The molecule has 1 unspecified atom stereocenters. The molecule has 0 saturated carbocycles. The number of aromatic nitrogens is 3. The van der Waals surface area contributed by atoms with Crippen molar-refractivity contribution < 1.29 is 13.6 Å². The van der Waals surface area contributed by atoms with Gasteiger partial charge in [-0.25, -0.2) is 4.79 Å². The molecule has 0 fully saturated rings. The fourth-order valence-corrected chi connectivity index (χ4v) is 6.27. The summed E-state index contributed by atoms with van der Waals surface area (Å²) in [4.78, 5) is 25.2. The summed E-state index contributed by atoms with van der Waals surface area (Å²) in [5.41, 5.74) is 1.78. The lowest BCUT2D eigenvalue weighted by Gasteiger charge is -2.21. The minimum atomic E-state index is -1.46. The smallest absolute Gasteiger partial charge is 0.338 e. The molecule has 11 heteroatoms. The Bertz CT molecular complexity index is 850. The molecule has 170 valence electrons. The molecule has 31 heavy (non-hydrogen) atoms. The average molecular weight is 574 g/mol. The maximum Gasteiger partial charge on any atom is 0.338 e. The van der Waals surface area contributed by atoms with Gasteiger partial charge in [0, 0.05) is 34.8 Å². The summed E-state index contributed by atoms with van der Waals surface area (Å²) in [7, 11) is -2.05. The fourth-order valence-electron chi connectivity index (χ4n) is 2.41. The Hall–Kier alpha value is -1.58. The molecule has 8 nitrogen and oxygen atoms in total. The molecule has 0 aliphatic carbocycles. The Morgan fingerprint density at radius 3 is 2.48 bits per heavy atom. The van der Waals surface area contributed by atoms with Gasteiger partial charge in [-0.05, 0) is 55.9 Å². The van der Waals surface area contributed by atoms with Crippen LogP contribution in [0, 0.1) is 3.83 Å². The van der Waals surface area contributed by atoms with Crippen LogP contribution >= 0.6 is 22.6 Å². The molecule has 2 rings (SSSR count). The molecule has 0 amide bonds. The molecule has 2 aromatic rings. The molecule has 0 aliphatic rings. The van der Waals surface area contributed by atoms with Crippen molar-refractivity contribution in [2.45, 2.75) is 51.9 Å². The van der Waals surface area contributed by atoms with Crippen molar-refractivity contribution in [1.29, 1.82) is 0 Å². The average Bonchev–Trinajstić information content (AvgIpc) is 2.70. The number of carbonyl (C=O) groups is 1. The third-order valence-electron chi connectivity index (χ3n) is 4.13. The van der Waals surface area contributed by atoms with Crippen LogP contribution in [0.25, 0.3) is 0 Å². The minimum absolute atomic E-state index is 0.308. The highest BCUT2D eigenvalue weighted by atomic mass is 127. The SMILES string of the molecule is CCCCOC(=O)c1ccc(Nc2nc(I)nc(NCC(C)[SiH2]O[Si](C)(C)C)n2)cc1. The zero-order chi connectivity index (χ0) is 22.9. The van der Waals surface area contributed by atoms with Gasteiger partial charge in [0.05, 0.1) is 12.2 Å². The molecule has 0 bridgehead atoms. The molecule has 1 atom stereocenters. The molecule has 0 radical (unpaired) electrons. The second-order valence-corrected chi connectivity index (χ2v) is 16.4. The molecule has 0 spiro atoms. The van der Waals surface area contributed by atoms with E-state index in [-0.39, 0.29) is 5.97 Å². The highest BCUT2D eigenvalue weighted by molar-refractivity contribution is 14.1. The van der Waals surface area contributed by atoms with Crippen LogP contribution in [0.2, 0.25) is 25.2 Å². The number of nitrogens with zero attached hydrogens (tertiary/aromatic N) is 3. The Morgan fingerprint density at radius 2 is 1.84 bits per heavy atom. The van der Waals surface area contributed by atoms with Gasteiger partial charge in [0.25, 0.3) is 0 Å². The van der Waals surface area contributed by atoms with Gasteiger partial charge in [-0.1, -0.05) is 20.3 Å². The van der Waals surface area contributed by atoms with Crippen LogP contribution in [-0.2, 0) is 8.85 Å². The summed E-state index contributed by atoms with van der Waals surface area (Å²) < 4.78 is 11.9. The number of anilines is 3. The molecular formula is C20H32IN5O3Si2. The van der Waals surface area contributed by atoms with E-state index in [1.165, 1.54) is 0 Å². The largest absolute Gasteiger partial charge is 0.462 e. The Morgan fingerprint density at radius 1 is 1.16 bits per heavy atom. The van der Waals surface area contributed by atoms with Crippen LogP contribution in [0.5, 0.6) is 0 Å². The van der Waals surface area contributed by atoms with Gasteiger partial charge >= 0.3 is 5.97 Å². The monoisotopic (exact) mass is 573 g/mol. The summed E-state index contributed by atoms with van der Waals surface area (Å²) in [5, 5.41) is 6.46. The number of hydrogen-bond acceptors (Lipinski definition) is 8. The zero-order valence-electron chi connectivity index (χ0n) is 18.9. The first-order valence-electron chi connectivity index (χ1n) is 10.5. The van der Waals surface area contributed by atoms with Crippen molar-refractivity contribution in [2.24, 2.45) is 0 Å². The van der Waals surface area contributed by atoms with Gasteiger partial charge in [-0.2, -0.15) is 15.0 Å². The Balaban J connectivity index is 1.93. The van der Waals surface area contributed by atoms with E-state index >= 15 is 0 Å². The number of hydrogen-bond donors (Lipinski definition) is 2. The number of benzene rings is 1. The lowest BCUT2D eigenvalue weighted by Crippen LogP contribution is -2.30. The maximum atomic E-state index is 12.0. The molecule has 1 aromatic carbocycles. The van der Waals surface area contributed by atoms with Crippen LogP contribution in [0.15, 0.2) is 24.3 Å². The lowest BCUT2D eigenvalue weighted by molar-refractivity contribution is 0.0500. The van der Waals surface area contributed by atoms with Crippen molar-refractivity contribution in [3.05, 3.63) is 33.7 Å². The zero-order valence-corrected chi connectivity index (χ0v) is 23.4. The first-order valence-corrected chi connectivity index (χ1v) is 16.4. The summed E-state index contributed by atoms with van der Waals surface area (Å²) >= 11 is 2.07. The van der Waals surface area contributed by atoms with E-state index in [2.05, 4.69) is 81.7 Å². The van der Waals surface area contributed by atoms with Crippen LogP contribution in [-0.4, -0.2) is 52.2 Å². The Labute approximate surface area is 201 Å². The Kier molecular flexibility index (Phi) is 10.3. The van der Waals surface area contributed by atoms with Crippen molar-refractivity contribution in [3.8, 4) is 0 Å². The molecular weight excluding hydrogens is 541 g/mol. The number of carbonyl (C=O) groups excluding carboxylic acids is 1. The van der Waals surface area contributed by atoms with E-state index in [0.29, 0.717) is 33.4 Å². The normalized spacial score (nSPS) is 12.7. The predicted molar refractivity (Wildman–Crippen MR) is 138 cm³/mol. The third-order valence-corrected chi connectivity index (χ3v) is 9.60. The molecule has 1 heterocycles. The second kappa shape index (κ2) is 12.5. The number of unbranched alkanes of at least 4 members (excludes halogenated alkanes) is 1. The molecule has 0 aliphatic heterocycles. The van der Waals surface area contributed by atoms with Crippen LogP contribution in [0.3, 0.4) is 0 Å². The fraction of sp³-hybridized carbons (Fsp3) is 0.500. The number of halogens is 1. The first kappa shape index (κ1) is 25.7. The van der Waals surface area contributed by atoms with Gasteiger partial charge in [-0.3, -0.25) is 0 Å². The lowest BCUT2D eigenvalue weighted by atomic mass is 10.2.